The maximum absolute atomic E-state index is 12.1. The van der Waals surface area contributed by atoms with Crippen molar-refractivity contribution < 1.29 is 13.2 Å². The second-order valence-corrected chi connectivity index (χ2v) is 5.46. The minimum atomic E-state index is -3.46. The van der Waals surface area contributed by atoms with Gasteiger partial charge in [0.25, 0.3) is 0 Å². The molecule has 0 radical (unpaired) electrons. The van der Waals surface area contributed by atoms with Crippen molar-refractivity contribution in [2.75, 3.05) is 26.2 Å². The molecule has 0 bridgehead atoms. The lowest BCUT2D eigenvalue weighted by atomic mass is 10.3. The van der Waals surface area contributed by atoms with Gasteiger partial charge in [-0.25, -0.2) is 8.42 Å². The molecule has 0 aliphatic carbocycles. The first-order valence-corrected chi connectivity index (χ1v) is 6.39. The fourth-order valence-corrected chi connectivity index (χ4v) is 2.95. The lowest BCUT2D eigenvalue weighted by Crippen LogP contribution is -2.47. The van der Waals surface area contributed by atoms with Crippen LogP contribution in [0.25, 0.3) is 0 Å². The van der Waals surface area contributed by atoms with Crippen molar-refractivity contribution in [2.45, 2.75) is 11.0 Å². The molecular formula is C8H14N4O3S. The number of sulfonamides is 1. The number of morpholine rings is 1. The van der Waals surface area contributed by atoms with Gasteiger partial charge < -0.3 is 10.5 Å². The van der Waals surface area contributed by atoms with E-state index >= 15 is 0 Å². The van der Waals surface area contributed by atoms with Crippen LogP contribution in [0.1, 0.15) is 0 Å². The zero-order valence-corrected chi connectivity index (χ0v) is 9.48. The fourth-order valence-electron chi connectivity index (χ4n) is 1.58. The summed E-state index contributed by atoms with van der Waals surface area (Å²) < 4.78 is 30.8. The van der Waals surface area contributed by atoms with Crippen molar-refractivity contribution in [1.82, 2.24) is 14.5 Å². The average molecular weight is 246 g/mol. The molecule has 16 heavy (non-hydrogen) atoms. The molecule has 1 aromatic rings. The highest BCUT2D eigenvalue weighted by Crippen LogP contribution is 2.16. The Morgan fingerprint density at radius 2 is 2.50 bits per heavy atom. The highest BCUT2D eigenvalue weighted by molar-refractivity contribution is 7.89. The summed E-state index contributed by atoms with van der Waals surface area (Å²) in [5.74, 6) is 0. The third kappa shape index (κ3) is 2.09. The summed E-state index contributed by atoms with van der Waals surface area (Å²) in [5, 5.41) is 6.12. The summed E-state index contributed by atoms with van der Waals surface area (Å²) in [6, 6.07) is 0. The van der Waals surface area contributed by atoms with Crippen LogP contribution in [0.3, 0.4) is 0 Å². The largest absolute Gasteiger partial charge is 0.374 e. The molecule has 0 aromatic carbocycles. The Kier molecular flexibility index (Phi) is 3.24. The molecule has 3 N–H and O–H groups in total. The maximum atomic E-state index is 12.1. The predicted octanol–water partition coefficient (Wildman–Crippen LogP) is -1.24. The Bertz CT molecular complexity index is 430. The van der Waals surface area contributed by atoms with E-state index in [9.17, 15) is 8.42 Å². The monoisotopic (exact) mass is 246 g/mol. The van der Waals surface area contributed by atoms with Crippen LogP contribution in [0.5, 0.6) is 0 Å². The van der Waals surface area contributed by atoms with Crippen LogP contribution in [0.15, 0.2) is 17.3 Å². The lowest BCUT2D eigenvalue weighted by molar-refractivity contribution is 0.00450. The minimum absolute atomic E-state index is 0.171. The molecule has 0 saturated carbocycles. The van der Waals surface area contributed by atoms with Gasteiger partial charge in [-0.15, -0.1) is 0 Å². The number of nitrogens with two attached hydrogens (primary N) is 1. The molecule has 1 saturated heterocycles. The fraction of sp³-hybridized carbons (Fsp3) is 0.625. The van der Waals surface area contributed by atoms with E-state index in [1.807, 2.05) is 0 Å². The van der Waals surface area contributed by atoms with Gasteiger partial charge in [0.2, 0.25) is 10.0 Å². The minimum Gasteiger partial charge on any atom is -0.374 e. The smallest absolute Gasteiger partial charge is 0.246 e. The van der Waals surface area contributed by atoms with Crippen LogP contribution in [-0.4, -0.2) is 55.3 Å². The molecule has 7 nitrogen and oxygen atoms in total. The Balaban J connectivity index is 2.18. The summed E-state index contributed by atoms with van der Waals surface area (Å²) >= 11 is 0. The van der Waals surface area contributed by atoms with Crippen LogP contribution < -0.4 is 5.73 Å². The SMILES string of the molecule is NCC1CN(S(=O)(=O)c2cn[nH]c2)CCO1. The van der Waals surface area contributed by atoms with Gasteiger partial charge in [0.05, 0.1) is 18.9 Å². The third-order valence-electron chi connectivity index (χ3n) is 2.48. The van der Waals surface area contributed by atoms with E-state index in [1.54, 1.807) is 0 Å². The average Bonchev–Trinajstić information content (AvgIpc) is 2.83. The second kappa shape index (κ2) is 4.50. The first kappa shape index (κ1) is 11.5. The standard InChI is InChI=1S/C8H14N4O3S/c9-3-7-6-12(1-2-15-7)16(13,14)8-4-10-11-5-8/h4-5,7H,1-3,6,9H2,(H,10,11). The molecule has 1 fully saturated rings. The van der Waals surface area contributed by atoms with Crippen LogP contribution in [-0.2, 0) is 14.8 Å². The molecule has 1 aliphatic heterocycles. The Morgan fingerprint density at radius 3 is 3.12 bits per heavy atom. The molecule has 1 atom stereocenters. The molecule has 1 aromatic heterocycles. The molecule has 8 heteroatoms. The predicted molar refractivity (Wildman–Crippen MR) is 56.1 cm³/mol. The third-order valence-corrected chi connectivity index (χ3v) is 4.31. The summed E-state index contributed by atoms with van der Waals surface area (Å²) in [4.78, 5) is 0.171. The van der Waals surface area contributed by atoms with Gasteiger partial charge in [-0.2, -0.15) is 9.40 Å². The number of aromatic nitrogens is 2. The van der Waals surface area contributed by atoms with Crippen LogP contribution in [0.2, 0.25) is 0 Å². The van der Waals surface area contributed by atoms with E-state index in [0.717, 1.165) is 0 Å². The first-order chi connectivity index (χ1) is 7.64. The number of nitrogens with zero attached hydrogens (tertiary/aromatic N) is 2. The van der Waals surface area contributed by atoms with Crippen molar-refractivity contribution in [3.63, 3.8) is 0 Å². The summed E-state index contributed by atoms with van der Waals surface area (Å²) in [6.45, 7) is 1.34. The zero-order chi connectivity index (χ0) is 11.6. The number of ether oxygens (including phenoxy) is 1. The number of nitrogens with one attached hydrogen (secondary N) is 1. The van der Waals surface area contributed by atoms with E-state index in [0.29, 0.717) is 26.2 Å². The van der Waals surface area contributed by atoms with Gasteiger partial charge in [-0.3, -0.25) is 5.10 Å². The molecule has 1 unspecified atom stereocenters. The Hall–Kier alpha value is -0.960. The number of aromatic amines is 1. The molecule has 1 aliphatic rings. The van der Waals surface area contributed by atoms with E-state index in [2.05, 4.69) is 10.2 Å². The first-order valence-electron chi connectivity index (χ1n) is 4.95. The van der Waals surface area contributed by atoms with E-state index in [4.69, 9.17) is 10.5 Å². The summed E-state index contributed by atoms with van der Waals surface area (Å²) in [5.41, 5.74) is 5.46. The van der Waals surface area contributed by atoms with Crippen molar-refractivity contribution >= 4 is 10.0 Å². The Labute approximate surface area is 93.6 Å². The Morgan fingerprint density at radius 1 is 1.69 bits per heavy atom. The molecule has 90 valence electrons. The van der Waals surface area contributed by atoms with E-state index in [1.165, 1.54) is 16.7 Å². The van der Waals surface area contributed by atoms with Crippen LogP contribution >= 0.6 is 0 Å². The van der Waals surface area contributed by atoms with Crippen molar-refractivity contribution in [3.05, 3.63) is 12.4 Å². The molecule has 0 spiro atoms. The van der Waals surface area contributed by atoms with E-state index < -0.39 is 10.0 Å². The van der Waals surface area contributed by atoms with Crippen LogP contribution in [0.4, 0.5) is 0 Å². The van der Waals surface area contributed by atoms with Crippen molar-refractivity contribution in [1.29, 1.82) is 0 Å². The molecular weight excluding hydrogens is 232 g/mol. The van der Waals surface area contributed by atoms with Crippen LogP contribution in [0, 0.1) is 0 Å². The maximum Gasteiger partial charge on any atom is 0.246 e. The highest BCUT2D eigenvalue weighted by atomic mass is 32.2. The second-order valence-electron chi connectivity index (χ2n) is 3.53. The zero-order valence-electron chi connectivity index (χ0n) is 8.67. The summed E-state index contributed by atoms with van der Waals surface area (Å²) in [6.07, 6.45) is 2.43. The molecule has 2 rings (SSSR count). The number of hydrogen-bond donors (Lipinski definition) is 2. The topological polar surface area (TPSA) is 101 Å². The molecule has 2 heterocycles. The van der Waals surface area contributed by atoms with Gasteiger partial charge >= 0.3 is 0 Å². The summed E-state index contributed by atoms with van der Waals surface area (Å²) in [7, 11) is -3.46. The van der Waals surface area contributed by atoms with Gasteiger partial charge in [0.15, 0.2) is 0 Å². The van der Waals surface area contributed by atoms with Gasteiger partial charge in [0.1, 0.15) is 4.90 Å². The van der Waals surface area contributed by atoms with Gasteiger partial charge in [0, 0.05) is 25.8 Å². The number of H-pyrrole nitrogens is 1. The van der Waals surface area contributed by atoms with E-state index in [-0.39, 0.29) is 11.0 Å². The molecule has 0 amide bonds. The van der Waals surface area contributed by atoms with Gasteiger partial charge in [-0.1, -0.05) is 0 Å². The van der Waals surface area contributed by atoms with Crippen molar-refractivity contribution in [3.8, 4) is 0 Å². The number of hydrogen-bond acceptors (Lipinski definition) is 5. The lowest BCUT2D eigenvalue weighted by Gasteiger charge is -2.31. The normalized spacial score (nSPS) is 23.4. The van der Waals surface area contributed by atoms with Crippen molar-refractivity contribution in [2.24, 2.45) is 5.73 Å². The highest BCUT2D eigenvalue weighted by Gasteiger charge is 2.30. The van der Waals surface area contributed by atoms with Gasteiger partial charge in [-0.05, 0) is 0 Å². The number of rotatable bonds is 3. The quantitative estimate of drug-likeness (QED) is 0.694.